The highest BCUT2D eigenvalue weighted by atomic mass is 16.5. The van der Waals surface area contributed by atoms with Gasteiger partial charge in [-0.1, -0.05) is 13.0 Å². The lowest BCUT2D eigenvalue weighted by Gasteiger charge is -2.20. The molecule has 1 amide bonds. The summed E-state index contributed by atoms with van der Waals surface area (Å²) in [5.74, 6) is 1.71. The topological polar surface area (TPSA) is 51.5 Å². The summed E-state index contributed by atoms with van der Waals surface area (Å²) in [6.45, 7) is 2.61. The molecule has 1 aliphatic rings. The van der Waals surface area contributed by atoms with Gasteiger partial charge in [0, 0.05) is 13.0 Å². The largest absolute Gasteiger partial charge is 0.481 e. The van der Waals surface area contributed by atoms with Crippen LogP contribution in [0.3, 0.4) is 0 Å². The molecule has 4 heteroatoms. The van der Waals surface area contributed by atoms with Gasteiger partial charge in [0.25, 0.3) is 5.91 Å². The lowest BCUT2D eigenvalue weighted by molar-refractivity contribution is -0.128. The van der Waals surface area contributed by atoms with Gasteiger partial charge in [-0.15, -0.1) is 0 Å². The van der Waals surface area contributed by atoms with Crippen LogP contribution < -0.4 is 10.1 Å². The van der Waals surface area contributed by atoms with Crippen molar-refractivity contribution in [3.05, 3.63) is 53.5 Å². The number of aryl methyl sites for hydroxylation is 3. The summed E-state index contributed by atoms with van der Waals surface area (Å²) in [5.41, 5.74) is 2.80. The molecule has 1 aromatic carbocycles. The molecule has 3 rings (SSSR count). The smallest absolute Gasteiger partial charge is 0.261 e. The van der Waals surface area contributed by atoms with Gasteiger partial charge in [-0.05, 0) is 73.9 Å². The third-order valence-electron chi connectivity index (χ3n) is 4.74. The number of nitrogens with one attached hydrogen (secondary N) is 1. The molecule has 25 heavy (non-hydrogen) atoms. The number of rotatable bonds is 8. The fourth-order valence-electron chi connectivity index (χ4n) is 3.31. The zero-order valence-corrected chi connectivity index (χ0v) is 14.9. The van der Waals surface area contributed by atoms with Crippen LogP contribution in [0.1, 0.15) is 49.5 Å². The van der Waals surface area contributed by atoms with E-state index in [1.807, 2.05) is 25.1 Å². The van der Waals surface area contributed by atoms with Gasteiger partial charge in [0.1, 0.15) is 11.5 Å². The van der Waals surface area contributed by atoms with Crippen LogP contribution in [-0.4, -0.2) is 18.6 Å². The van der Waals surface area contributed by atoms with Gasteiger partial charge >= 0.3 is 0 Å². The van der Waals surface area contributed by atoms with E-state index < -0.39 is 6.10 Å². The lowest BCUT2D eigenvalue weighted by Crippen LogP contribution is -2.38. The fourth-order valence-corrected chi connectivity index (χ4v) is 3.31. The molecule has 134 valence electrons. The van der Waals surface area contributed by atoms with Crippen LogP contribution in [0.25, 0.3) is 0 Å². The Bertz CT molecular complexity index is 678. The second-order valence-electron chi connectivity index (χ2n) is 6.63. The van der Waals surface area contributed by atoms with Crippen molar-refractivity contribution in [3.8, 4) is 5.75 Å². The third-order valence-corrected chi connectivity index (χ3v) is 4.74. The van der Waals surface area contributed by atoms with E-state index in [9.17, 15) is 4.79 Å². The Morgan fingerprint density at radius 3 is 2.84 bits per heavy atom. The molecule has 1 aromatic heterocycles. The predicted octanol–water partition coefficient (Wildman–Crippen LogP) is 4.06. The highest BCUT2D eigenvalue weighted by Crippen LogP contribution is 2.26. The molecule has 1 atom stereocenters. The summed E-state index contributed by atoms with van der Waals surface area (Å²) >= 11 is 0. The van der Waals surface area contributed by atoms with E-state index in [4.69, 9.17) is 9.15 Å². The molecular formula is C21H27NO3. The van der Waals surface area contributed by atoms with Crippen molar-refractivity contribution < 1.29 is 13.9 Å². The Hall–Kier alpha value is -2.23. The summed E-state index contributed by atoms with van der Waals surface area (Å²) in [6.07, 6.45) is 8.35. The average Bonchev–Trinajstić information content (AvgIpc) is 3.16. The first-order valence-electron chi connectivity index (χ1n) is 9.35. The maximum absolute atomic E-state index is 12.4. The summed E-state index contributed by atoms with van der Waals surface area (Å²) in [5, 5.41) is 2.97. The fraction of sp³-hybridized carbons (Fsp3) is 0.476. The summed E-state index contributed by atoms with van der Waals surface area (Å²) < 4.78 is 11.3. The van der Waals surface area contributed by atoms with Crippen molar-refractivity contribution in [1.29, 1.82) is 0 Å². The van der Waals surface area contributed by atoms with Crippen molar-refractivity contribution in [1.82, 2.24) is 5.32 Å². The highest BCUT2D eigenvalue weighted by molar-refractivity contribution is 5.81. The molecule has 0 spiro atoms. The number of amides is 1. The first kappa shape index (κ1) is 17.6. The van der Waals surface area contributed by atoms with Crippen LogP contribution in [-0.2, 0) is 24.1 Å². The number of furan rings is 1. The van der Waals surface area contributed by atoms with Crippen molar-refractivity contribution >= 4 is 5.91 Å². The van der Waals surface area contributed by atoms with Crippen molar-refractivity contribution in [2.45, 2.75) is 58.0 Å². The van der Waals surface area contributed by atoms with E-state index in [1.54, 1.807) is 6.26 Å². The molecule has 0 bridgehead atoms. The van der Waals surface area contributed by atoms with E-state index in [0.717, 1.165) is 37.2 Å². The molecule has 0 saturated heterocycles. The molecule has 2 aromatic rings. The first-order valence-corrected chi connectivity index (χ1v) is 9.35. The number of hydrogen-bond acceptors (Lipinski definition) is 3. The highest BCUT2D eigenvalue weighted by Gasteiger charge is 2.19. The Balaban J connectivity index is 1.48. The molecule has 0 aliphatic heterocycles. The number of hydrogen-bond donors (Lipinski definition) is 1. The van der Waals surface area contributed by atoms with E-state index in [-0.39, 0.29) is 5.91 Å². The van der Waals surface area contributed by atoms with Crippen LogP contribution in [0, 0.1) is 0 Å². The predicted molar refractivity (Wildman–Crippen MR) is 97.8 cm³/mol. The molecule has 0 saturated carbocycles. The van der Waals surface area contributed by atoms with Crippen LogP contribution in [0.2, 0.25) is 0 Å². The second-order valence-corrected chi connectivity index (χ2v) is 6.63. The minimum atomic E-state index is -0.440. The van der Waals surface area contributed by atoms with E-state index in [1.165, 1.54) is 24.0 Å². The molecule has 1 heterocycles. The van der Waals surface area contributed by atoms with Gasteiger partial charge < -0.3 is 14.5 Å². The molecule has 0 fully saturated rings. The number of benzene rings is 1. The van der Waals surface area contributed by atoms with Gasteiger partial charge in [-0.2, -0.15) is 0 Å². The number of carbonyl (C=O) groups is 1. The molecule has 4 nitrogen and oxygen atoms in total. The van der Waals surface area contributed by atoms with E-state index >= 15 is 0 Å². The third kappa shape index (κ3) is 4.88. The zero-order valence-electron chi connectivity index (χ0n) is 14.9. The normalized spacial score (nSPS) is 14.6. The van der Waals surface area contributed by atoms with E-state index in [2.05, 4.69) is 17.4 Å². The number of carbonyl (C=O) groups excluding carboxylic acids is 1. The van der Waals surface area contributed by atoms with Crippen LogP contribution in [0.4, 0.5) is 0 Å². The zero-order chi connectivity index (χ0) is 17.5. The number of fused-ring (bicyclic) bond motifs is 1. The average molecular weight is 341 g/mol. The lowest BCUT2D eigenvalue weighted by atomic mass is 9.92. The molecular weight excluding hydrogens is 314 g/mol. The number of ether oxygens (including phenoxy) is 1. The second kappa shape index (κ2) is 8.75. The minimum absolute atomic E-state index is 0.0420. The monoisotopic (exact) mass is 341 g/mol. The molecule has 1 N–H and O–H groups in total. The van der Waals surface area contributed by atoms with Crippen molar-refractivity contribution in [2.24, 2.45) is 0 Å². The first-order chi connectivity index (χ1) is 12.3. The Morgan fingerprint density at radius 2 is 2.08 bits per heavy atom. The van der Waals surface area contributed by atoms with Gasteiger partial charge in [-0.3, -0.25) is 4.79 Å². The molecule has 1 aliphatic carbocycles. The standard InChI is InChI=1S/C21H27NO3/c1-2-20(21(23)22-13-5-9-18-10-6-14-24-18)25-19-12-11-16-7-3-4-8-17(16)15-19/h6,10-12,14-15,20H,2-5,7-9,13H2,1H3,(H,22,23)/t20-/m0/s1. The molecule has 0 unspecified atom stereocenters. The Labute approximate surface area is 149 Å². The SMILES string of the molecule is CC[C@H](Oc1ccc2c(c1)CCCC2)C(=O)NCCCc1ccco1. The summed E-state index contributed by atoms with van der Waals surface area (Å²) in [6, 6.07) is 10.1. The van der Waals surface area contributed by atoms with Gasteiger partial charge in [-0.25, -0.2) is 0 Å². The maximum Gasteiger partial charge on any atom is 0.261 e. The van der Waals surface area contributed by atoms with Crippen LogP contribution >= 0.6 is 0 Å². The van der Waals surface area contributed by atoms with Crippen LogP contribution in [0.15, 0.2) is 41.0 Å². The van der Waals surface area contributed by atoms with E-state index in [0.29, 0.717) is 13.0 Å². The van der Waals surface area contributed by atoms with Gasteiger partial charge in [0.05, 0.1) is 6.26 Å². The van der Waals surface area contributed by atoms with Crippen molar-refractivity contribution in [3.63, 3.8) is 0 Å². The maximum atomic E-state index is 12.4. The summed E-state index contributed by atoms with van der Waals surface area (Å²) in [4.78, 5) is 12.4. The minimum Gasteiger partial charge on any atom is -0.481 e. The quantitative estimate of drug-likeness (QED) is 0.737. The Morgan fingerprint density at radius 1 is 1.24 bits per heavy atom. The molecule has 0 radical (unpaired) electrons. The van der Waals surface area contributed by atoms with Gasteiger partial charge in [0.15, 0.2) is 6.10 Å². The van der Waals surface area contributed by atoms with Crippen molar-refractivity contribution in [2.75, 3.05) is 6.54 Å². The summed E-state index contributed by atoms with van der Waals surface area (Å²) in [7, 11) is 0. The van der Waals surface area contributed by atoms with Gasteiger partial charge in [0.2, 0.25) is 0 Å². The Kier molecular flexibility index (Phi) is 6.15. The van der Waals surface area contributed by atoms with Crippen LogP contribution in [0.5, 0.6) is 5.75 Å².